The molecular weight excluding hydrogens is 380 g/mol. The fraction of sp³-hybridized carbons (Fsp3) is 0.368. The smallest absolute Gasteiger partial charge is 0.341 e. The van der Waals surface area contributed by atoms with Crippen LogP contribution >= 0.6 is 23.6 Å². The number of thiocarbonyl (C=S) groups is 1. The van der Waals surface area contributed by atoms with E-state index in [1.807, 2.05) is 36.4 Å². The molecule has 0 aliphatic carbocycles. The molecule has 0 radical (unpaired) electrons. The Morgan fingerprint density at radius 3 is 2.59 bits per heavy atom. The van der Waals surface area contributed by atoms with Gasteiger partial charge in [0.25, 0.3) is 0 Å². The molecule has 1 aromatic heterocycles. The van der Waals surface area contributed by atoms with Gasteiger partial charge in [-0.2, -0.15) is 0 Å². The highest BCUT2D eigenvalue weighted by atomic mass is 32.1. The van der Waals surface area contributed by atoms with Crippen molar-refractivity contribution in [1.29, 1.82) is 0 Å². The molecule has 2 aromatic rings. The van der Waals surface area contributed by atoms with Crippen LogP contribution in [0, 0.1) is 0 Å². The van der Waals surface area contributed by atoms with Crippen LogP contribution in [-0.4, -0.2) is 60.8 Å². The summed E-state index contributed by atoms with van der Waals surface area (Å²) in [4.78, 5) is 15.6. The number of carbonyl (C=O) groups is 1. The number of ether oxygens (including phenoxy) is 1. The molecule has 144 valence electrons. The minimum Gasteiger partial charge on any atom is -0.462 e. The average Bonchev–Trinajstić information content (AvgIpc) is 3.08. The predicted molar refractivity (Wildman–Crippen MR) is 114 cm³/mol. The molecule has 3 rings (SSSR count). The van der Waals surface area contributed by atoms with Crippen LogP contribution in [0.3, 0.4) is 0 Å². The van der Waals surface area contributed by atoms with Crippen LogP contribution in [0.25, 0.3) is 10.4 Å². The number of hydrogen-bond donors (Lipinski definition) is 2. The van der Waals surface area contributed by atoms with Crippen molar-refractivity contribution >= 4 is 39.6 Å². The van der Waals surface area contributed by atoms with Gasteiger partial charge >= 0.3 is 5.97 Å². The largest absolute Gasteiger partial charge is 0.462 e. The lowest BCUT2D eigenvalue weighted by atomic mass is 10.1. The van der Waals surface area contributed by atoms with Crippen molar-refractivity contribution in [3.63, 3.8) is 0 Å². The number of likely N-dealkylation sites (N-methyl/N-ethyl adjacent to an activating group) is 1. The van der Waals surface area contributed by atoms with E-state index < -0.39 is 0 Å². The van der Waals surface area contributed by atoms with Gasteiger partial charge in [0.1, 0.15) is 5.00 Å². The number of anilines is 1. The first-order valence-electron chi connectivity index (χ1n) is 8.94. The molecule has 2 N–H and O–H groups in total. The zero-order valence-electron chi connectivity index (χ0n) is 15.5. The molecule has 0 unspecified atom stereocenters. The molecule has 27 heavy (non-hydrogen) atoms. The maximum Gasteiger partial charge on any atom is 0.341 e. The standard InChI is InChI=1S/C19H24N4O2S2/c1-3-25-18(24)15-13-16(14-7-5-4-6-8-14)27-17(15)20-19(26)21-23-11-9-22(2)10-12-23/h4-8,13H,3,9-12H2,1-2H3,(H2,20,21,26). The zero-order chi connectivity index (χ0) is 19.2. The molecule has 8 heteroatoms. The van der Waals surface area contributed by atoms with Crippen LogP contribution < -0.4 is 10.7 Å². The summed E-state index contributed by atoms with van der Waals surface area (Å²) < 4.78 is 5.21. The van der Waals surface area contributed by atoms with Crippen molar-refractivity contribution in [1.82, 2.24) is 15.3 Å². The highest BCUT2D eigenvalue weighted by molar-refractivity contribution is 7.80. The SMILES string of the molecule is CCOC(=O)c1cc(-c2ccccc2)sc1NC(=S)NN1CCN(C)CC1. The summed E-state index contributed by atoms with van der Waals surface area (Å²) in [5.74, 6) is -0.346. The number of benzene rings is 1. The van der Waals surface area contributed by atoms with Crippen molar-refractivity contribution in [3.05, 3.63) is 42.0 Å². The number of hydrazine groups is 1. The molecule has 2 heterocycles. The molecule has 0 bridgehead atoms. The Balaban J connectivity index is 1.75. The summed E-state index contributed by atoms with van der Waals surface area (Å²) >= 11 is 6.95. The second kappa shape index (κ2) is 9.27. The highest BCUT2D eigenvalue weighted by Crippen LogP contribution is 2.35. The Bertz CT molecular complexity index is 786. The summed E-state index contributed by atoms with van der Waals surface area (Å²) in [6.07, 6.45) is 0. The zero-order valence-corrected chi connectivity index (χ0v) is 17.2. The Morgan fingerprint density at radius 2 is 1.93 bits per heavy atom. The molecule has 1 saturated heterocycles. The normalized spacial score (nSPS) is 15.3. The van der Waals surface area contributed by atoms with E-state index >= 15 is 0 Å². The van der Waals surface area contributed by atoms with Crippen molar-refractivity contribution in [2.24, 2.45) is 0 Å². The number of esters is 1. The van der Waals surface area contributed by atoms with Gasteiger partial charge in [-0.15, -0.1) is 11.3 Å². The first-order chi connectivity index (χ1) is 13.1. The van der Waals surface area contributed by atoms with Crippen LogP contribution in [0.4, 0.5) is 5.00 Å². The Labute approximate surface area is 169 Å². The lowest BCUT2D eigenvalue weighted by Crippen LogP contribution is -2.53. The first-order valence-corrected chi connectivity index (χ1v) is 10.2. The van der Waals surface area contributed by atoms with Crippen molar-refractivity contribution in [3.8, 4) is 10.4 Å². The monoisotopic (exact) mass is 404 g/mol. The van der Waals surface area contributed by atoms with Crippen LogP contribution in [0.5, 0.6) is 0 Å². The molecule has 0 spiro atoms. The molecule has 1 aliphatic rings. The number of thiophene rings is 1. The fourth-order valence-electron chi connectivity index (χ4n) is 2.78. The lowest BCUT2D eigenvalue weighted by Gasteiger charge is -2.33. The van der Waals surface area contributed by atoms with Crippen LogP contribution in [0.15, 0.2) is 36.4 Å². The number of piperazine rings is 1. The summed E-state index contributed by atoms with van der Waals surface area (Å²) in [7, 11) is 2.11. The van der Waals surface area contributed by atoms with E-state index in [1.165, 1.54) is 11.3 Å². The third-order valence-corrected chi connectivity index (χ3v) is 5.57. The van der Waals surface area contributed by atoms with Crippen molar-refractivity contribution < 1.29 is 9.53 Å². The summed E-state index contributed by atoms with van der Waals surface area (Å²) in [6, 6.07) is 11.8. The van der Waals surface area contributed by atoms with E-state index in [9.17, 15) is 4.79 Å². The lowest BCUT2D eigenvalue weighted by molar-refractivity contribution is 0.0528. The van der Waals surface area contributed by atoms with E-state index in [-0.39, 0.29) is 5.97 Å². The second-order valence-corrected chi connectivity index (χ2v) is 7.76. The van der Waals surface area contributed by atoms with Crippen LogP contribution in [-0.2, 0) is 4.74 Å². The van der Waals surface area contributed by atoms with Crippen molar-refractivity contribution in [2.75, 3.05) is 45.2 Å². The minimum atomic E-state index is -0.346. The van der Waals surface area contributed by atoms with Crippen LogP contribution in [0.1, 0.15) is 17.3 Å². The van der Waals surface area contributed by atoms with Gasteiger partial charge in [0.15, 0.2) is 5.11 Å². The van der Waals surface area contributed by atoms with Gasteiger partial charge in [0, 0.05) is 31.1 Å². The van der Waals surface area contributed by atoms with E-state index in [4.69, 9.17) is 17.0 Å². The summed E-state index contributed by atoms with van der Waals surface area (Å²) in [6.45, 7) is 5.89. The molecule has 0 saturated carbocycles. The molecular formula is C19H24N4O2S2. The van der Waals surface area contributed by atoms with Gasteiger partial charge in [-0.25, -0.2) is 9.80 Å². The molecule has 1 aromatic carbocycles. The van der Waals surface area contributed by atoms with E-state index in [2.05, 4.69) is 27.7 Å². The molecule has 0 atom stereocenters. The maximum absolute atomic E-state index is 12.4. The summed E-state index contributed by atoms with van der Waals surface area (Å²) in [5.41, 5.74) is 4.77. The van der Waals surface area contributed by atoms with Gasteiger partial charge in [0.05, 0.1) is 12.2 Å². The highest BCUT2D eigenvalue weighted by Gasteiger charge is 2.20. The van der Waals surface area contributed by atoms with Crippen molar-refractivity contribution in [2.45, 2.75) is 6.92 Å². The molecule has 0 amide bonds. The Kier molecular flexibility index (Phi) is 6.78. The first kappa shape index (κ1) is 19.8. The van der Waals surface area contributed by atoms with E-state index in [0.717, 1.165) is 36.6 Å². The van der Waals surface area contributed by atoms with Gasteiger partial charge < -0.3 is 15.0 Å². The van der Waals surface area contributed by atoms with Gasteiger partial charge in [0.2, 0.25) is 0 Å². The van der Waals surface area contributed by atoms with Crippen LogP contribution in [0.2, 0.25) is 0 Å². The van der Waals surface area contributed by atoms with Gasteiger partial charge in [-0.05, 0) is 37.8 Å². The average molecular weight is 405 g/mol. The minimum absolute atomic E-state index is 0.332. The quantitative estimate of drug-likeness (QED) is 0.587. The Hall–Kier alpha value is -2.00. The number of carbonyl (C=O) groups excluding carboxylic acids is 1. The fourth-order valence-corrected chi connectivity index (χ4v) is 4.13. The van der Waals surface area contributed by atoms with E-state index in [0.29, 0.717) is 22.3 Å². The number of rotatable bonds is 5. The van der Waals surface area contributed by atoms with Gasteiger partial charge in [-0.1, -0.05) is 30.3 Å². The topological polar surface area (TPSA) is 56.8 Å². The van der Waals surface area contributed by atoms with Gasteiger partial charge in [-0.3, -0.25) is 5.43 Å². The third kappa shape index (κ3) is 5.26. The third-order valence-electron chi connectivity index (χ3n) is 4.28. The molecule has 1 fully saturated rings. The molecule has 1 aliphatic heterocycles. The number of hydrogen-bond acceptors (Lipinski definition) is 6. The summed E-state index contributed by atoms with van der Waals surface area (Å²) in [5, 5.41) is 6.44. The second-order valence-electron chi connectivity index (χ2n) is 6.30. The van der Waals surface area contributed by atoms with E-state index in [1.54, 1.807) is 6.92 Å². The predicted octanol–water partition coefficient (Wildman–Crippen LogP) is 3.04. The maximum atomic E-state index is 12.4. The number of nitrogens with one attached hydrogen (secondary N) is 2. The Morgan fingerprint density at radius 1 is 1.22 bits per heavy atom. The molecule has 6 nitrogen and oxygen atoms in total. The number of nitrogens with zero attached hydrogens (tertiary/aromatic N) is 2.